The van der Waals surface area contributed by atoms with Gasteiger partial charge in [0.2, 0.25) is 0 Å². The smallest absolute Gasteiger partial charge is 0.130 e. The van der Waals surface area contributed by atoms with Crippen molar-refractivity contribution in [2.45, 2.75) is 77.5 Å². The van der Waals surface area contributed by atoms with Gasteiger partial charge in [-0.05, 0) is 136 Å². The molecule has 312 valence electrons. The van der Waals surface area contributed by atoms with Crippen molar-refractivity contribution >= 4 is 48.1 Å². The average molecular weight is 815 g/mol. The Hall–Kier alpha value is -4.78. The highest BCUT2D eigenvalue weighted by Gasteiger charge is 2.46. The number of rotatable bonds is 16. The highest BCUT2D eigenvalue weighted by molar-refractivity contribution is 6.30. The molecule has 4 aromatic rings. The van der Waals surface area contributed by atoms with Gasteiger partial charge < -0.3 is 35.1 Å². The first-order chi connectivity index (χ1) is 28.2. The van der Waals surface area contributed by atoms with Gasteiger partial charge in [-0.25, -0.2) is 9.37 Å². The number of nitrogens with one attached hydrogen (secondary N) is 1. The molecule has 1 aliphatic heterocycles. The molecule has 1 aromatic heterocycles. The van der Waals surface area contributed by atoms with Crippen molar-refractivity contribution in [3.8, 4) is 11.1 Å². The molecular formula is C46H60ClFN6O4. The van der Waals surface area contributed by atoms with Crippen LogP contribution in [0.5, 0.6) is 0 Å². The number of anilines is 1. The van der Waals surface area contributed by atoms with E-state index in [2.05, 4.69) is 89.4 Å². The molecule has 6 rings (SSSR count). The fraction of sp³-hybridized carbons (Fsp3) is 0.391. The maximum absolute atomic E-state index is 14.2. The number of hydrogen-bond donors (Lipinski definition) is 3. The maximum Gasteiger partial charge on any atom is 0.130 e. The molecule has 58 heavy (non-hydrogen) atoms. The van der Waals surface area contributed by atoms with E-state index < -0.39 is 0 Å². The van der Waals surface area contributed by atoms with Crippen LogP contribution in [0.4, 0.5) is 10.1 Å². The Morgan fingerprint density at radius 3 is 2.50 bits per heavy atom. The lowest BCUT2D eigenvalue weighted by atomic mass is 9.89. The average Bonchev–Trinajstić information content (AvgIpc) is 3.99. The van der Waals surface area contributed by atoms with Crippen molar-refractivity contribution < 1.29 is 23.8 Å². The second-order valence-corrected chi connectivity index (χ2v) is 14.5. The number of allylic oxidation sites excluding steroid dienone is 4. The Bertz CT molecular complexity index is 2070. The molecule has 12 heteroatoms. The number of aliphatic imine (C=N–C) groups is 1. The topological polar surface area (TPSA) is 135 Å². The number of imidazole rings is 1. The number of benzene rings is 3. The van der Waals surface area contributed by atoms with E-state index in [9.17, 15) is 9.18 Å². The molecule has 1 atom stereocenters. The van der Waals surface area contributed by atoms with E-state index in [1.54, 1.807) is 12.1 Å². The summed E-state index contributed by atoms with van der Waals surface area (Å²) in [4.78, 5) is 32.0. The largest absolute Gasteiger partial charge is 0.400 e. The zero-order valence-corrected chi connectivity index (χ0v) is 35.6. The zero-order valence-electron chi connectivity index (χ0n) is 34.9. The first-order valence-corrected chi connectivity index (χ1v) is 20.0. The van der Waals surface area contributed by atoms with E-state index in [1.807, 2.05) is 32.1 Å². The van der Waals surface area contributed by atoms with Crippen LogP contribution in [-0.4, -0.2) is 86.4 Å². The fourth-order valence-electron chi connectivity index (χ4n) is 7.16. The molecule has 1 unspecified atom stereocenters. The molecule has 1 aliphatic carbocycles. The third-order valence-electron chi connectivity index (χ3n) is 10.2. The van der Waals surface area contributed by atoms with Crippen LogP contribution in [0.1, 0.15) is 62.0 Å². The number of aldehydes is 1. The summed E-state index contributed by atoms with van der Waals surface area (Å²) in [7, 11) is 4.43. The third kappa shape index (κ3) is 11.9. The summed E-state index contributed by atoms with van der Waals surface area (Å²) >= 11 is 5.89. The predicted octanol–water partition coefficient (Wildman–Crippen LogP) is 8.41. The highest BCUT2D eigenvalue weighted by atomic mass is 35.5. The van der Waals surface area contributed by atoms with Crippen molar-refractivity contribution in [1.82, 2.24) is 14.5 Å². The first kappa shape index (κ1) is 47.6. The normalized spacial score (nSPS) is 15.2. The number of carbonyl (C=O) groups is 2. The molecule has 0 amide bonds. The van der Waals surface area contributed by atoms with Crippen LogP contribution in [-0.2, 0) is 39.3 Å². The van der Waals surface area contributed by atoms with E-state index in [0.717, 1.165) is 108 Å². The molecule has 10 nitrogen and oxygen atoms in total. The van der Waals surface area contributed by atoms with Gasteiger partial charge in [-0.1, -0.05) is 48.9 Å². The fourth-order valence-corrected chi connectivity index (χ4v) is 7.32. The number of carbonyl (C=O) groups excluding carboxylic acids is 2. The van der Waals surface area contributed by atoms with Crippen LogP contribution in [0, 0.1) is 12.7 Å². The van der Waals surface area contributed by atoms with Gasteiger partial charge in [0, 0.05) is 44.6 Å². The van der Waals surface area contributed by atoms with Crippen LogP contribution in [0.15, 0.2) is 89.1 Å². The minimum Gasteiger partial charge on any atom is -0.400 e. The molecule has 0 bridgehead atoms. The van der Waals surface area contributed by atoms with Crippen molar-refractivity contribution in [1.29, 1.82) is 0 Å². The summed E-state index contributed by atoms with van der Waals surface area (Å²) in [5, 5.41) is 10.7. The van der Waals surface area contributed by atoms with Crippen molar-refractivity contribution in [3.05, 3.63) is 117 Å². The second kappa shape index (κ2) is 23.6. The van der Waals surface area contributed by atoms with Crippen molar-refractivity contribution in [2.75, 3.05) is 46.2 Å². The zero-order chi connectivity index (χ0) is 42.8. The molecule has 0 saturated heterocycles. The summed E-state index contributed by atoms with van der Waals surface area (Å²) < 4.78 is 22.6. The molecule has 1 saturated carbocycles. The number of aryl methyl sites for hydroxylation is 1. The molecular weight excluding hydrogens is 755 g/mol. The predicted molar refractivity (Wildman–Crippen MR) is 237 cm³/mol. The minimum atomic E-state index is -0.388. The molecule has 1 fully saturated rings. The van der Waals surface area contributed by atoms with Gasteiger partial charge in [0.25, 0.3) is 0 Å². The molecule has 0 radical (unpaired) electrons. The van der Waals surface area contributed by atoms with Crippen LogP contribution in [0.25, 0.3) is 22.2 Å². The summed E-state index contributed by atoms with van der Waals surface area (Å²) in [5.74, 6) is 0.701. The number of aromatic nitrogens is 2. The SMILES string of the molecule is C=N/C(=C\C=C/Cc1ccc(Cl)cc1F)C1=CCN(Cc2nc3ccc(-c4cc(C)c(NC)c(C5(C=O)CC5)c4)cc3n2CC(C)OCCC)CC1.C=O.CN.CO. The Labute approximate surface area is 348 Å². The van der Waals surface area contributed by atoms with Gasteiger partial charge in [0.1, 0.15) is 24.7 Å². The van der Waals surface area contributed by atoms with Gasteiger partial charge >= 0.3 is 0 Å². The van der Waals surface area contributed by atoms with Crippen molar-refractivity contribution in [2.24, 2.45) is 10.7 Å². The lowest BCUT2D eigenvalue weighted by Crippen LogP contribution is -2.30. The summed E-state index contributed by atoms with van der Waals surface area (Å²) in [5.41, 5.74) is 14.2. The number of halogens is 2. The minimum absolute atomic E-state index is 0.0225. The highest BCUT2D eigenvalue weighted by Crippen LogP contribution is 2.50. The van der Waals surface area contributed by atoms with Crippen LogP contribution >= 0.6 is 11.6 Å². The molecule has 2 aliphatic rings. The van der Waals surface area contributed by atoms with Crippen LogP contribution < -0.4 is 11.1 Å². The Morgan fingerprint density at radius 1 is 1.16 bits per heavy atom. The lowest BCUT2D eigenvalue weighted by Gasteiger charge is -2.26. The third-order valence-corrected chi connectivity index (χ3v) is 10.5. The van der Waals surface area contributed by atoms with E-state index in [4.69, 9.17) is 31.2 Å². The summed E-state index contributed by atoms with van der Waals surface area (Å²) in [6.45, 7) is 15.9. The molecule has 0 spiro atoms. The van der Waals surface area contributed by atoms with Crippen molar-refractivity contribution in [3.63, 3.8) is 0 Å². The van der Waals surface area contributed by atoms with Gasteiger partial charge in [-0.2, -0.15) is 0 Å². The second-order valence-electron chi connectivity index (χ2n) is 14.1. The molecule has 4 N–H and O–H groups in total. The standard InChI is InChI=1S/C43H49ClFN5O2.CH5N.CH4O.CH2O/c1-6-21-52-30(3)26-50-40-24-33(34-22-29(2)42(47-5)36(23-34)43(28-51)17-18-43)12-14-39(40)48-41(50)27-49-19-15-32(16-20-49)38(46-4)10-8-7-9-31-11-13-35(44)25-37(31)45;3*1-2/h7-8,10-15,22-25,28,30,47H,4,6,9,16-21,26-27H2,1-3,5H3;2H2,1H3;2H,1H3;1H2/b8-7-,38-10-;;;. The number of nitrogens with zero attached hydrogens (tertiary/aromatic N) is 4. The summed E-state index contributed by atoms with van der Waals surface area (Å²) in [6, 6.07) is 15.7. The number of fused-ring (bicyclic) bond motifs is 1. The number of aliphatic hydroxyl groups is 1. The number of ether oxygens (including phenoxy) is 1. The van der Waals surface area contributed by atoms with E-state index in [0.29, 0.717) is 36.7 Å². The first-order valence-electron chi connectivity index (χ1n) is 19.6. The van der Waals surface area contributed by atoms with Crippen LogP contribution in [0.2, 0.25) is 5.02 Å². The van der Waals surface area contributed by atoms with Gasteiger partial charge in [-0.3, -0.25) is 9.89 Å². The van der Waals surface area contributed by atoms with E-state index in [-0.39, 0.29) is 17.3 Å². The lowest BCUT2D eigenvalue weighted by molar-refractivity contribution is -0.109. The maximum atomic E-state index is 14.2. The monoisotopic (exact) mass is 814 g/mol. The Balaban J connectivity index is 0.00000143. The Morgan fingerprint density at radius 2 is 1.90 bits per heavy atom. The summed E-state index contributed by atoms with van der Waals surface area (Å²) in [6.07, 6.45) is 13.2. The quantitative estimate of drug-likeness (QED) is 0.0584. The molecule has 2 heterocycles. The number of aliphatic hydroxyl groups excluding tert-OH is 1. The van der Waals surface area contributed by atoms with E-state index in [1.165, 1.54) is 13.1 Å². The number of hydrogen-bond acceptors (Lipinski definition) is 9. The van der Waals surface area contributed by atoms with E-state index >= 15 is 0 Å². The van der Waals surface area contributed by atoms with Gasteiger partial charge in [0.05, 0.1) is 41.3 Å². The van der Waals surface area contributed by atoms with Gasteiger partial charge in [0.15, 0.2) is 0 Å². The number of nitrogens with two attached hydrogens (primary N) is 1. The molecule has 3 aromatic carbocycles. The van der Waals surface area contributed by atoms with Crippen LogP contribution in [0.3, 0.4) is 0 Å². The van der Waals surface area contributed by atoms with Gasteiger partial charge in [-0.15, -0.1) is 0 Å². The Kier molecular flexibility index (Phi) is 19.4.